The summed E-state index contributed by atoms with van der Waals surface area (Å²) in [7, 11) is 0. The Balaban J connectivity index is 1.81. The van der Waals surface area contributed by atoms with Crippen molar-refractivity contribution in [3.05, 3.63) is 24.0 Å². The summed E-state index contributed by atoms with van der Waals surface area (Å²) in [6, 6.07) is 4.60. The Labute approximate surface area is 114 Å². The van der Waals surface area contributed by atoms with E-state index in [1.165, 1.54) is 12.1 Å². The largest absolute Gasteiger partial charge is 0.393 e. The van der Waals surface area contributed by atoms with Crippen molar-refractivity contribution in [3.8, 4) is 0 Å². The standard InChI is InChI=1S/C15H22N2O2/c1-11-9-12(4-6-16-11)17-7-2-3-14(17)13-10-19-8-5-15(13)18/h4,6,9,13-15,18H,2-3,5,7-8,10H2,1H3/t13-,14-,15+/m1/s1. The molecule has 3 heterocycles. The summed E-state index contributed by atoms with van der Waals surface area (Å²) in [6.07, 6.45) is 4.75. The van der Waals surface area contributed by atoms with Crippen molar-refractivity contribution in [1.29, 1.82) is 0 Å². The van der Waals surface area contributed by atoms with Crippen molar-refractivity contribution < 1.29 is 9.84 Å². The summed E-state index contributed by atoms with van der Waals surface area (Å²) >= 11 is 0. The monoisotopic (exact) mass is 262 g/mol. The molecule has 0 spiro atoms. The molecule has 3 rings (SSSR count). The Bertz CT molecular complexity index is 438. The fourth-order valence-corrected chi connectivity index (χ4v) is 3.38. The quantitative estimate of drug-likeness (QED) is 0.882. The molecule has 2 aliphatic rings. The van der Waals surface area contributed by atoms with Crippen LogP contribution in [-0.2, 0) is 4.74 Å². The first-order chi connectivity index (χ1) is 9.25. The predicted molar refractivity (Wildman–Crippen MR) is 74.3 cm³/mol. The Morgan fingerprint density at radius 2 is 2.32 bits per heavy atom. The molecule has 0 amide bonds. The third-order valence-electron chi connectivity index (χ3n) is 4.37. The van der Waals surface area contributed by atoms with Gasteiger partial charge < -0.3 is 14.7 Å². The van der Waals surface area contributed by atoms with E-state index < -0.39 is 0 Å². The van der Waals surface area contributed by atoms with Gasteiger partial charge in [0.15, 0.2) is 0 Å². The summed E-state index contributed by atoms with van der Waals surface area (Å²) in [6.45, 7) is 4.47. The molecule has 19 heavy (non-hydrogen) atoms. The third-order valence-corrected chi connectivity index (χ3v) is 4.37. The third kappa shape index (κ3) is 2.60. The lowest BCUT2D eigenvalue weighted by atomic mass is 9.89. The van der Waals surface area contributed by atoms with Crippen molar-refractivity contribution in [2.45, 2.75) is 38.3 Å². The Morgan fingerprint density at radius 1 is 1.42 bits per heavy atom. The van der Waals surface area contributed by atoms with E-state index in [-0.39, 0.29) is 12.0 Å². The molecule has 2 saturated heterocycles. The van der Waals surface area contributed by atoms with Crippen molar-refractivity contribution in [3.63, 3.8) is 0 Å². The molecule has 3 atom stereocenters. The number of pyridine rings is 1. The number of aromatic nitrogens is 1. The first kappa shape index (κ1) is 12.9. The predicted octanol–water partition coefficient (Wildman–Crippen LogP) is 1.76. The van der Waals surface area contributed by atoms with Gasteiger partial charge in [-0.1, -0.05) is 0 Å². The van der Waals surface area contributed by atoms with Gasteiger partial charge in [-0.05, 0) is 38.3 Å². The highest BCUT2D eigenvalue weighted by molar-refractivity contribution is 5.48. The van der Waals surface area contributed by atoms with Crippen molar-refractivity contribution >= 4 is 5.69 Å². The fraction of sp³-hybridized carbons (Fsp3) is 0.667. The van der Waals surface area contributed by atoms with Gasteiger partial charge >= 0.3 is 0 Å². The minimum Gasteiger partial charge on any atom is -0.393 e. The smallest absolute Gasteiger partial charge is 0.0632 e. The van der Waals surface area contributed by atoms with Crippen molar-refractivity contribution in [2.75, 3.05) is 24.7 Å². The van der Waals surface area contributed by atoms with Crippen molar-refractivity contribution in [1.82, 2.24) is 4.98 Å². The second kappa shape index (κ2) is 5.47. The van der Waals surface area contributed by atoms with E-state index >= 15 is 0 Å². The number of hydrogen-bond donors (Lipinski definition) is 1. The van der Waals surface area contributed by atoms with Crippen LogP contribution in [0.25, 0.3) is 0 Å². The summed E-state index contributed by atoms with van der Waals surface area (Å²) in [5, 5.41) is 10.2. The van der Waals surface area contributed by atoms with Gasteiger partial charge in [0, 0.05) is 42.7 Å². The molecule has 0 bridgehead atoms. The molecule has 4 heteroatoms. The maximum absolute atomic E-state index is 10.2. The maximum atomic E-state index is 10.2. The van der Waals surface area contributed by atoms with E-state index in [2.05, 4.69) is 22.0 Å². The van der Waals surface area contributed by atoms with Gasteiger partial charge in [-0.25, -0.2) is 0 Å². The average molecular weight is 262 g/mol. The molecule has 0 unspecified atom stereocenters. The van der Waals surface area contributed by atoms with Gasteiger partial charge in [0.1, 0.15) is 0 Å². The molecule has 1 aromatic heterocycles. The molecule has 1 N–H and O–H groups in total. The molecule has 1 aromatic rings. The molecule has 2 aliphatic heterocycles. The van der Waals surface area contributed by atoms with Gasteiger partial charge in [0.2, 0.25) is 0 Å². The van der Waals surface area contributed by atoms with E-state index in [1.807, 2.05) is 13.1 Å². The van der Waals surface area contributed by atoms with E-state index in [4.69, 9.17) is 4.74 Å². The Kier molecular flexibility index (Phi) is 3.71. The molecule has 104 valence electrons. The molecular formula is C15H22N2O2. The highest BCUT2D eigenvalue weighted by atomic mass is 16.5. The van der Waals surface area contributed by atoms with Gasteiger partial charge in [-0.2, -0.15) is 0 Å². The Morgan fingerprint density at radius 3 is 3.11 bits per heavy atom. The first-order valence-electron chi connectivity index (χ1n) is 7.21. The number of aryl methyl sites for hydroxylation is 1. The highest BCUT2D eigenvalue weighted by Crippen LogP contribution is 2.33. The highest BCUT2D eigenvalue weighted by Gasteiger charge is 2.37. The lowest BCUT2D eigenvalue weighted by Crippen LogP contribution is -2.46. The minimum atomic E-state index is -0.220. The first-order valence-corrected chi connectivity index (χ1v) is 7.21. The van der Waals surface area contributed by atoms with Crippen LogP contribution in [0, 0.1) is 12.8 Å². The minimum absolute atomic E-state index is 0.220. The topological polar surface area (TPSA) is 45.6 Å². The van der Waals surface area contributed by atoms with Crippen LogP contribution in [0.15, 0.2) is 18.3 Å². The van der Waals surface area contributed by atoms with E-state index in [1.54, 1.807) is 0 Å². The lowest BCUT2D eigenvalue weighted by Gasteiger charge is -2.38. The van der Waals surface area contributed by atoms with Crippen LogP contribution in [-0.4, -0.2) is 42.0 Å². The number of nitrogens with zero attached hydrogens (tertiary/aromatic N) is 2. The van der Waals surface area contributed by atoms with Crippen LogP contribution in [0.4, 0.5) is 5.69 Å². The van der Waals surface area contributed by atoms with Gasteiger partial charge in [0.05, 0.1) is 12.7 Å². The SMILES string of the molecule is Cc1cc(N2CCC[C@@H]2[C@H]2COCC[C@@H]2O)ccn1. The van der Waals surface area contributed by atoms with Crippen LogP contribution in [0.2, 0.25) is 0 Å². The number of hydrogen-bond acceptors (Lipinski definition) is 4. The zero-order valence-corrected chi connectivity index (χ0v) is 11.5. The van der Waals surface area contributed by atoms with Crippen LogP contribution < -0.4 is 4.90 Å². The number of aliphatic hydroxyl groups is 1. The zero-order valence-electron chi connectivity index (χ0n) is 11.5. The molecule has 0 saturated carbocycles. The average Bonchev–Trinajstić information content (AvgIpc) is 2.88. The molecule has 0 radical (unpaired) electrons. The number of aliphatic hydroxyl groups excluding tert-OH is 1. The van der Waals surface area contributed by atoms with Gasteiger partial charge in [-0.15, -0.1) is 0 Å². The lowest BCUT2D eigenvalue weighted by molar-refractivity contribution is -0.0437. The van der Waals surface area contributed by atoms with Crippen LogP contribution in [0.5, 0.6) is 0 Å². The summed E-state index contributed by atoms with van der Waals surface area (Å²) in [5.41, 5.74) is 2.27. The Hall–Kier alpha value is -1.13. The molecule has 2 fully saturated rings. The van der Waals surface area contributed by atoms with Crippen LogP contribution in [0.1, 0.15) is 25.0 Å². The van der Waals surface area contributed by atoms with Crippen molar-refractivity contribution in [2.24, 2.45) is 5.92 Å². The molecule has 0 aliphatic carbocycles. The van der Waals surface area contributed by atoms with Crippen LogP contribution in [0.3, 0.4) is 0 Å². The normalized spacial score (nSPS) is 31.7. The number of anilines is 1. The van der Waals surface area contributed by atoms with E-state index in [0.717, 1.165) is 25.1 Å². The van der Waals surface area contributed by atoms with E-state index in [9.17, 15) is 5.11 Å². The maximum Gasteiger partial charge on any atom is 0.0632 e. The fourth-order valence-electron chi connectivity index (χ4n) is 3.38. The molecule has 4 nitrogen and oxygen atoms in total. The van der Waals surface area contributed by atoms with Crippen LogP contribution >= 0.6 is 0 Å². The summed E-state index contributed by atoms with van der Waals surface area (Å²) in [4.78, 5) is 6.69. The van der Waals surface area contributed by atoms with E-state index in [0.29, 0.717) is 19.3 Å². The summed E-state index contributed by atoms with van der Waals surface area (Å²) in [5.74, 6) is 0.240. The number of rotatable bonds is 2. The zero-order chi connectivity index (χ0) is 13.2. The molecular weight excluding hydrogens is 240 g/mol. The summed E-state index contributed by atoms with van der Waals surface area (Å²) < 4.78 is 5.57. The second-order valence-electron chi connectivity index (χ2n) is 5.65. The second-order valence-corrected chi connectivity index (χ2v) is 5.65. The number of ether oxygens (including phenoxy) is 1. The van der Waals surface area contributed by atoms with Gasteiger partial charge in [0.25, 0.3) is 0 Å². The van der Waals surface area contributed by atoms with Gasteiger partial charge in [-0.3, -0.25) is 4.98 Å². The molecule has 0 aromatic carbocycles.